The highest BCUT2D eigenvalue weighted by molar-refractivity contribution is 8.01. The summed E-state index contributed by atoms with van der Waals surface area (Å²) in [6.45, 7) is 1.78. The van der Waals surface area contributed by atoms with Crippen LogP contribution in [0.25, 0.3) is 5.78 Å². The predicted octanol–water partition coefficient (Wildman–Crippen LogP) is 0.447. The number of aryl methyl sites for hydroxylation is 1. The number of nitrogens with one attached hydrogen (secondary N) is 1. The number of hydrogen-bond donors (Lipinski definition) is 5. The van der Waals surface area contributed by atoms with E-state index < -0.39 is 29.6 Å². The summed E-state index contributed by atoms with van der Waals surface area (Å²) in [7, 11) is 0. The zero-order chi connectivity index (χ0) is 26.4. The molecule has 6 N–H and O–H groups in total. The number of aromatic hydroxyl groups is 2. The van der Waals surface area contributed by atoms with Crippen LogP contribution in [0.2, 0.25) is 0 Å². The van der Waals surface area contributed by atoms with E-state index in [9.17, 15) is 29.7 Å². The summed E-state index contributed by atoms with van der Waals surface area (Å²) in [6, 6.07) is 4.83. The molecule has 0 aliphatic carbocycles. The van der Waals surface area contributed by atoms with Gasteiger partial charge in [-0.1, -0.05) is 0 Å². The maximum atomic E-state index is 12.4. The van der Waals surface area contributed by atoms with Crippen molar-refractivity contribution in [1.29, 1.82) is 0 Å². The van der Waals surface area contributed by atoms with Crippen molar-refractivity contribution in [2.45, 2.75) is 29.9 Å². The van der Waals surface area contributed by atoms with E-state index >= 15 is 0 Å². The molecule has 1 fully saturated rings. The largest absolute Gasteiger partial charge is 0.504 e. The van der Waals surface area contributed by atoms with Crippen LogP contribution < -0.4 is 11.1 Å². The fourth-order valence-corrected chi connectivity index (χ4v) is 6.43. The SMILES string of the molecule is Cc1cc(SCC2=C(C(=O)O)N3C(=O)[C@@H](N)[C@H]3SC2)n2nc(CNC(=O)c3ccc(O)c(O)c3)nc2n1. The normalized spacial score (nSPS) is 19.1. The smallest absolute Gasteiger partial charge is 0.352 e. The molecule has 0 saturated carbocycles. The van der Waals surface area contributed by atoms with Crippen LogP contribution in [0.15, 0.2) is 40.6 Å². The molecular formula is C22H21N7O6S2. The Morgan fingerprint density at radius 1 is 1.24 bits per heavy atom. The number of carboxylic acid groups (broad SMARTS) is 1. The number of fused-ring (bicyclic) bond motifs is 2. The van der Waals surface area contributed by atoms with Gasteiger partial charge in [-0.15, -0.1) is 28.6 Å². The molecule has 0 unspecified atom stereocenters. The molecule has 0 radical (unpaired) electrons. The molecule has 2 aliphatic rings. The molecule has 4 heterocycles. The number of phenols is 2. The van der Waals surface area contributed by atoms with E-state index in [1.165, 1.54) is 45.1 Å². The summed E-state index contributed by atoms with van der Waals surface area (Å²) in [5, 5.41) is 36.2. The Balaban J connectivity index is 1.34. The highest BCUT2D eigenvalue weighted by Gasteiger charge is 2.51. The molecule has 5 rings (SSSR count). The number of carbonyl (C=O) groups is 3. The van der Waals surface area contributed by atoms with E-state index in [0.29, 0.717) is 33.6 Å². The number of carboxylic acids is 1. The van der Waals surface area contributed by atoms with Gasteiger partial charge in [0.05, 0.1) is 6.54 Å². The van der Waals surface area contributed by atoms with Crippen LogP contribution in [0.1, 0.15) is 21.9 Å². The third-order valence-corrected chi connectivity index (χ3v) is 8.22. The fourth-order valence-electron chi connectivity index (χ4n) is 3.95. The number of thioether (sulfide) groups is 2. The third-order valence-electron chi connectivity index (χ3n) is 5.78. The van der Waals surface area contributed by atoms with Crippen LogP contribution >= 0.6 is 23.5 Å². The quantitative estimate of drug-likeness (QED) is 0.120. The molecular weight excluding hydrogens is 522 g/mol. The number of amides is 2. The van der Waals surface area contributed by atoms with Crippen molar-refractivity contribution in [3.8, 4) is 11.5 Å². The Bertz CT molecular complexity index is 1490. The highest BCUT2D eigenvalue weighted by atomic mass is 32.2. The molecule has 1 saturated heterocycles. The van der Waals surface area contributed by atoms with Crippen LogP contribution in [0.5, 0.6) is 11.5 Å². The first-order valence-electron chi connectivity index (χ1n) is 11.0. The molecule has 2 aromatic heterocycles. The van der Waals surface area contributed by atoms with Gasteiger partial charge in [0.15, 0.2) is 17.3 Å². The van der Waals surface area contributed by atoms with Crippen LogP contribution in [0, 0.1) is 6.92 Å². The number of phenolic OH excluding ortho intramolecular Hbond substituents is 2. The zero-order valence-electron chi connectivity index (χ0n) is 19.3. The number of hydrogen-bond acceptors (Lipinski definition) is 11. The Kier molecular flexibility index (Phi) is 6.43. The van der Waals surface area contributed by atoms with Crippen LogP contribution in [-0.4, -0.2) is 80.5 Å². The molecule has 2 aliphatic heterocycles. The first-order chi connectivity index (χ1) is 17.6. The third kappa shape index (κ3) is 4.56. The van der Waals surface area contributed by atoms with Crippen molar-refractivity contribution < 1.29 is 29.7 Å². The second-order valence-corrected chi connectivity index (χ2v) is 10.4. The lowest BCUT2D eigenvalue weighted by molar-refractivity contribution is -0.147. The van der Waals surface area contributed by atoms with Crippen molar-refractivity contribution in [3.05, 3.63) is 52.6 Å². The second kappa shape index (κ2) is 9.57. The average Bonchev–Trinajstić information content (AvgIpc) is 3.29. The van der Waals surface area contributed by atoms with Crippen LogP contribution in [0.3, 0.4) is 0 Å². The minimum absolute atomic E-state index is 0.0172. The Labute approximate surface area is 217 Å². The van der Waals surface area contributed by atoms with Gasteiger partial charge in [-0.3, -0.25) is 14.5 Å². The molecule has 0 bridgehead atoms. The summed E-state index contributed by atoms with van der Waals surface area (Å²) in [4.78, 5) is 46.5. The highest BCUT2D eigenvalue weighted by Crippen LogP contribution is 2.40. The summed E-state index contributed by atoms with van der Waals surface area (Å²) in [5.41, 5.74) is 7.22. The van der Waals surface area contributed by atoms with Gasteiger partial charge in [0, 0.05) is 22.8 Å². The number of nitrogens with zero attached hydrogens (tertiary/aromatic N) is 5. The average molecular weight is 544 g/mol. The van der Waals surface area contributed by atoms with E-state index in [2.05, 4.69) is 20.4 Å². The summed E-state index contributed by atoms with van der Waals surface area (Å²) in [6.07, 6.45) is 0. The Morgan fingerprint density at radius 3 is 2.76 bits per heavy atom. The lowest BCUT2D eigenvalue weighted by Gasteiger charge is -2.48. The lowest BCUT2D eigenvalue weighted by Crippen LogP contribution is -2.68. The van der Waals surface area contributed by atoms with Crippen LogP contribution in [0.4, 0.5) is 0 Å². The molecule has 37 heavy (non-hydrogen) atoms. The molecule has 15 heteroatoms. The van der Waals surface area contributed by atoms with Crippen molar-refractivity contribution >= 4 is 47.1 Å². The minimum atomic E-state index is -1.17. The standard InChI is InChI=1S/C22H21N7O6S2/c1-9-4-15(36-7-11-8-37-20-16(23)19(33)28(20)17(11)21(34)35)29-22(25-9)26-14(27-29)6-24-18(32)10-2-3-12(30)13(31)5-10/h2-5,16,20,30-31H,6-8,23H2,1H3,(H,24,32)(H,34,35)/t16-,20-/m1/s1. The summed E-state index contributed by atoms with van der Waals surface area (Å²) < 4.78 is 1.51. The van der Waals surface area contributed by atoms with Gasteiger partial charge in [0.25, 0.3) is 11.7 Å². The number of rotatable bonds is 7. The van der Waals surface area contributed by atoms with E-state index in [4.69, 9.17) is 5.73 Å². The van der Waals surface area contributed by atoms with Gasteiger partial charge in [-0.25, -0.2) is 9.78 Å². The Hall–Kier alpha value is -3.82. The molecule has 0 spiro atoms. The lowest BCUT2D eigenvalue weighted by atomic mass is 10.0. The van der Waals surface area contributed by atoms with Gasteiger partial charge < -0.3 is 26.4 Å². The van der Waals surface area contributed by atoms with E-state index in [0.717, 1.165) is 6.07 Å². The zero-order valence-corrected chi connectivity index (χ0v) is 20.9. The summed E-state index contributed by atoms with van der Waals surface area (Å²) >= 11 is 2.77. The number of β-lactam (4-membered cyclic amide) rings is 1. The van der Waals surface area contributed by atoms with E-state index in [-0.39, 0.29) is 34.8 Å². The number of nitrogens with two attached hydrogens (primary N) is 1. The molecule has 2 amide bonds. The van der Waals surface area contributed by atoms with E-state index in [1.54, 1.807) is 13.0 Å². The van der Waals surface area contributed by atoms with Gasteiger partial charge >= 0.3 is 5.97 Å². The van der Waals surface area contributed by atoms with E-state index in [1.807, 2.05) is 0 Å². The topological polar surface area (TPSA) is 196 Å². The van der Waals surface area contributed by atoms with Gasteiger partial charge in [-0.2, -0.15) is 9.50 Å². The maximum absolute atomic E-state index is 12.4. The Morgan fingerprint density at radius 2 is 2.03 bits per heavy atom. The maximum Gasteiger partial charge on any atom is 0.352 e. The summed E-state index contributed by atoms with van der Waals surface area (Å²) in [5.74, 6) is -1.46. The predicted molar refractivity (Wildman–Crippen MR) is 133 cm³/mol. The molecule has 13 nitrogen and oxygen atoms in total. The van der Waals surface area contributed by atoms with Crippen molar-refractivity contribution in [2.75, 3.05) is 11.5 Å². The van der Waals surface area contributed by atoms with Crippen molar-refractivity contribution in [1.82, 2.24) is 29.8 Å². The first kappa shape index (κ1) is 24.9. The number of benzene rings is 1. The second-order valence-electron chi connectivity index (χ2n) is 8.34. The van der Waals surface area contributed by atoms with Crippen molar-refractivity contribution in [2.24, 2.45) is 5.73 Å². The molecule has 2 atom stereocenters. The number of carbonyl (C=O) groups excluding carboxylic acids is 2. The number of aliphatic carboxylic acids is 1. The first-order valence-corrected chi connectivity index (χ1v) is 13.0. The molecule has 192 valence electrons. The molecule has 1 aromatic carbocycles. The molecule has 3 aromatic rings. The fraction of sp³-hybridized carbons (Fsp3) is 0.273. The van der Waals surface area contributed by atoms with Gasteiger partial charge in [0.2, 0.25) is 5.91 Å². The van der Waals surface area contributed by atoms with Crippen molar-refractivity contribution in [3.63, 3.8) is 0 Å². The van der Waals surface area contributed by atoms with Crippen LogP contribution in [-0.2, 0) is 16.1 Å². The minimum Gasteiger partial charge on any atom is -0.504 e. The number of aromatic nitrogens is 4. The van der Waals surface area contributed by atoms with Gasteiger partial charge in [0.1, 0.15) is 22.1 Å². The monoisotopic (exact) mass is 543 g/mol. The van der Waals surface area contributed by atoms with Gasteiger partial charge in [-0.05, 0) is 36.8 Å².